The van der Waals surface area contributed by atoms with Crippen LogP contribution in [0.3, 0.4) is 0 Å². The molecule has 2 rings (SSSR count). The molecule has 144 valence electrons. The van der Waals surface area contributed by atoms with Gasteiger partial charge in [0.05, 0.1) is 0 Å². The molecule has 4 N–H and O–H groups in total. The summed E-state index contributed by atoms with van der Waals surface area (Å²) < 4.78 is 0. The molecule has 1 unspecified atom stereocenters. The van der Waals surface area contributed by atoms with Crippen LogP contribution in [0.25, 0.3) is 0 Å². The van der Waals surface area contributed by atoms with Crippen LogP contribution < -0.4 is 16.4 Å². The Kier molecular flexibility index (Phi) is 10.0. The number of nitrogens with one attached hydrogen (secondary N) is 2. The van der Waals surface area contributed by atoms with Crippen LogP contribution in [0.5, 0.6) is 0 Å². The molecule has 0 aromatic heterocycles. The average Bonchev–Trinajstić information content (AvgIpc) is 2.62. The van der Waals surface area contributed by atoms with E-state index in [1.165, 1.54) is 0 Å². The van der Waals surface area contributed by atoms with Gasteiger partial charge in [0.25, 0.3) is 5.91 Å². The van der Waals surface area contributed by atoms with Gasteiger partial charge in [-0.05, 0) is 30.9 Å². The predicted molar refractivity (Wildman–Crippen MR) is 114 cm³/mol. The van der Waals surface area contributed by atoms with E-state index in [1.807, 2.05) is 18.2 Å². The Balaban J connectivity index is 0.00000338. The summed E-state index contributed by atoms with van der Waals surface area (Å²) >= 11 is 0. The third kappa shape index (κ3) is 7.19. The van der Waals surface area contributed by atoms with Gasteiger partial charge in [0.2, 0.25) is 5.91 Å². The number of hydrogen-bond acceptors (Lipinski definition) is 3. The van der Waals surface area contributed by atoms with E-state index in [0.717, 1.165) is 31.9 Å². The molecule has 1 aliphatic heterocycles. The number of likely N-dealkylation sites (tertiary alicyclic amines) is 1. The highest BCUT2D eigenvalue weighted by atomic mass is 127. The van der Waals surface area contributed by atoms with Gasteiger partial charge in [-0.1, -0.05) is 18.2 Å². The second-order valence-corrected chi connectivity index (χ2v) is 6.22. The van der Waals surface area contributed by atoms with Crippen molar-refractivity contribution in [2.45, 2.75) is 19.3 Å². The molecule has 0 radical (unpaired) electrons. The summed E-state index contributed by atoms with van der Waals surface area (Å²) in [7, 11) is 1.74. The summed E-state index contributed by atoms with van der Waals surface area (Å²) in [5.41, 5.74) is 5.96. The smallest absolute Gasteiger partial charge is 0.251 e. The monoisotopic (exact) mass is 473 g/mol. The van der Waals surface area contributed by atoms with Gasteiger partial charge in [-0.3, -0.25) is 14.6 Å². The molecule has 8 heteroatoms. The maximum atomic E-state index is 12.0. The summed E-state index contributed by atoms with van der Waals surface area (Å²) in [6, 6.07) is 9.14. The molecule has 1 atom stereocenters. The van der Waals surface area contributed by atoms with Crippen LogP contribution in [0.4, 0.5) is 0 Å². The number of rotatable bonds is 6. The van der Waals surface area contributed by atoms with Crippen molar-refractivity contribution in [1.29, 1.82) is 0 Å². The lowest BCUT2D eigenvalue weighted by atomic mass is 9.95. The first-order valence-corrected chi connectivity index (χ1v) is 8.67. The average molecular weight is 473 g/mol. The summed E-state index contributed by atoms with van der Waals surface area (Å²) in [4.78, 5) is 29.6. The highest BCUT2D eigenvalue weighted by Crippen LogP contribution is 2.19. The molecular weight excluding hydrogens is 445 g/mol. The zero-order valence-electron chi connectivity index (χ0n) is 15.1. The van der Waals surface area contributed by atoms with E-state index in [0.29, 0.717) is 25.1 Å². The van der Waals surface area contributed by atoms with E-state index in [-0.39, 0.29) is 41.7 Å². The van der Waals surface area contributed by atoms with Crippen molar-refractivity contribution in [2.24, 2.45) is 16.6 Å². The Morgan fingerprint density at radius 2 is 1.92 bits per heavy atom. The van der Waals surface area contributed by atoms with Crippen molar-refractivity contribution in [3.05, 3.63) is 35.9 Å². The van der Waals surface area contributed by atoms with Crippen molar-refractivity contribution >= 4 is 41.8 Å². The van der Waals surface area contributed by atoms with Crippen LogP contribution in [0.1, 0.15) is 29.6 Å². The predicted octanol–water partition coefficient (Wildman–Crippen LogP) is 1.20. The second kappa shape index (κ2) is 11.7. The normalized spacial score (nSPS) is 17.2. The maximum Gasteiger partial charge on any atom is 0.251 e. The highest BCUT2D eigenvalue weighted by Gasteiger charge is 2.23. The molecule has 1 saturated heterocycles. The number of piperidine rings is 1. The molecule has 0 spiro atoms. The zero-order valence-corrected chi connectivity index (χ0v) is 17.4. The van der Waals surface area contributed by atoms with Crippen molar-refractivity contribution in [3.8, 4) is 0 Å². The van der Waals surface area contributed by atoms with E-state index in [2.05, 4.69) is 20.5 Å². The molecular formula is C18H28IN5O2. The lowest BCUT2D eigenvalue weighted by Crippen LogP contribution is -2.48. The van der Waals surface area contributed by atoms with Gasteiger partial charge in [0, 0.05) is 45.2 Å². The Hall–Kier alpha value is -1.84. The SMILES string of the molecule is CN=C(NCCNC(=O)c1ccccc1)N1CCCC(CC(N)=O)C1.I. The topological polar surface area (TPSA) is 99.8 Å². The van der Waals surface area contributed by atoms with Crippen molar-refractivity contribution in [2.75, 3.05) is 33.2 Å². The number of amides is 2. The third-order valence-electron chi connectivity index (χ3n) is 4.25. The van der Waals surface area contributed by atoms with Crippen LogP contribution >= 0.6 is 24.0 Å². The molecule has 7 nitrogen and oxygen atoms in total. The van der Waals surface area contributed by atoms with Gasteiger partial charge < -0.3 is 21.3 Å². The van der Waals surface area contributed by atoms with Crippen molar-refractivity contribution in [3.63, 3.8) is 0 Å². The molecule has 1 aromatic carbocycles. The first-order valence-electron chi connectivity index (χ1n) is 8.67. The fourth-order valence-electron chi connectivity index (χ4n) is 3.08. The summed E-state index contributed by atoms with van der Waals surface area (Å²) in [5.74, 6) is 0.737. The number of primary amides is 1. The molecule has 0 bridgehead atoms. The molecule has 2 amide bonds. The standard InChI is InChI=1S/C18H27N5O2.HI/c1-20-18(23-11-5-6-14(13-23)12-16(19)24)22-10-9-21-17(25)15-7-3-2-4-8-15;/h2-4,7-8,14H,5-6,9-13H2,1H3,(H2,19,24)(H,20,22)(H,21,25);1H. The van der Waals surface area contributed by atoms with Crippen molar-refractivity contribution in [1.82, 2.24) is 15.5 Å². The number of nitrogens with zero attached hydrogens (tertiary/aromatic N) is 2. The number of carbonyl (C=O) groups excluding carboxylic acids is 2. The maximum absolute atomic E-state index is 12.0. The number of nitrogens with two attached hydrogens (primary N) is 1. The molecule has 1 fully saturated rings. The highest BCUT2D eigenvalue weighted by molar-refractivity contribution is 14.0. The van der Waals surface area contributed by atoms with E-state index < -0.39 is 0 Å². The minimum Gasteiger partial charge on any atom is -0.370 e. The van der Waals surface area contributed by atoms with E-state index in [9.17, 15) is 9.59 Å². The van der Waals surface area contributed by atoms with Gasteiger partial charge in [0.1, 0.15) is 0 Å². The molecule has 0 aliphatic carbocycles. The van der Waals surface area contributed by atoms with Gasteiger partial charge >= 0.3 is 0 Å². The van der Waals surface area contributed by atoms with Crippen LogP contribution in [0.15, 0.2) is 35.3 Å². The Morgan fingerprint density at radius 3 is 2.58 bits per heavy atom. The van der Waals surface area contributed by atoms with Gasteiger partial charge in [-0.15, -0.1) is 24.0 Å². The first kappa shape index (κ1) is 22.2. The van der Waals surface area contributed by atoms with E-state index in [4.69, 9.17) is 5.73 Å². The summed E-state index contributed by atoms with van der Waals surface area (Å²) in [5, 5.41) is 6.14. The summed E-state index contributed by atoms with van der Waals surface area (Å²) in [6.45, 7) is 2.78. The van der Waals surface area contributed by atoms with Crippen LogP contribution in [0, 0.1) is 5.92 Å². The van der Waals surface area contributed by atoms with E-state index in [1.54, 1.807) is 19.2 Å². The molecule has 0 saturated carbocycles. The number of halogens is 1. The fraction of sp³-hybridized carbons (Fsp3) is 0.500. The minimum absolute atomic E-state index is 0. The number of guanidine groups is 1. The van der Waals surface area contributed by atoms with E-state index >= 15 is 0 Å². The molecule has 1 aliphatic rings. The van der Waals surface area contributed by atoms with Crippen LogP contribution in [-0.4, -0.2) is 55.9 Å². The van der Waals surface area contributed by atoms with Crippen LogP contribution in [0.2, 0.25) is 0 Å². The molecule has 26 heavy (non-hydrogen) atoms. The van der Waals surface area contributed by atoms with Crippen molar-refractivity contribution < 1.29 is 9.59 Å². The first-order chi connectivity index (χ1) is 12.1. The van der Waals surface area contributed by atoms with Crippen LogP contribution in [-0.2, 0) is 4.79 Å². The number of benzene rings is 1. The lowest BCUT2D eigenvalue weighted by Gasteiger charge is -2.34. The Morgan fingerprint density at radius 1 is 1.23 bits per heavy atom. The summed E-state index contributed by atoms with van der Waals surface area (Å²) in [6.07, 6.45) is 2.45. The zero-order chi connectivity index (χ0) is 18.1. The second-order valence-electron chi connectivity index (χ2n) is 6.22. The Labute approximate surface area is 171 Å². The molecule has 1 heterocycles. The van der Waals surface area contributed by atoms with Gasteiger partial charge in [-0.25, -0.2) is 0 Å². The van der Waals surface area contributed by atoms with Gasteiger partial charge in [0.15, 0.2) is 5.96 Å². The third-order valence-corrected chi connectivity index (χ3v) is 4.25. The molecule has 1 aromatic rings. The lowest BCUT2D eigenvalue weighted by molar-refractivity contribution is -0.119. The Bertz CT molecular complexity index is 609. The largest absolute Gasteiger partial charge is 0.370 e. The fourth-order valence-corrected chi connectivity index (χ4v) is 3.08. The minimum atomic E-state index is -0.251. The quantitative estimate of drug-likeness (QED) is 0.250. The number of aliphatic imine (C=N–C) groups is 1. The number of carbonyl (C=O) groups is 2. The number of hydrogen-bond donors (Lipinski definition) is 3. The van der Waals surface area contributed by atoms with Gasteiger partial charge in [-0.2, -0.15) is 0 Å².